The zero-order valence-corrected chi connectivity index (χ0v) is 16.5. The molecule has 1 aromatic heterocycles. The summed E-state index contributed by atoms with van der Waals surface area (Å²) in [5.74, 6) is 0.415. The summed E-state index contributed by atoms with van der Waals surface area (Å²) in [6, 6.07) is 18.5. The molecule has 0 unspecified atom stereocenters. The molecule has 0 bridgehead atoms. The Labute approximate surface area is 173 Å². The molecule has 0 aliphatic heterocycles. The molecule has 4 aromatic rings. The predicted molar refractivity (Wildman–Crippen MR) is 116 cm³/mol. The van der Waals surface area contributed by atoms with Crippen molar-refractivity contribution in [2.75, 3.05) is 7.11 Å². The number of aromatic nitrogens is 2. The van der Waals surface area contributed by atoms with Gasteiger partial charge in [0.2, 0.25) is 0 Å². The third-order valence-corrected chi connectivity index (χ3v) is 4.91. The van der Waals surface area contributed by atoms with Crippen molar-refractivity contribution >= 4 is 22.9 Å². The number of methoxy groups -OCH3 is 1. The van der Waals surface area contributed by atoms with Crippen LogP contribution in [0.1, 0.15) is 21.6 Å². The highest BCUT2D eigenvalue weighted by atomic mass is 16.5. The maximum absolute atomic E-state index is 12.6. The fraction of sp³-hybridized carbons (Fsp3) is 0.0870. The van der Waals surface area contributed by atoms with Crippen molar-refractivity contribution in [2.45, 2.75) is 6.92 Å². The number of hydrogen-bond donors (Lipinski definition) is 3. The molecule has 0 aliphatic rings. The molecule has 0 atom stereocenters. The molecule has 0 aliphatic carbocycles. The van der Waals surface area contributed by atoms with Gasteiger partial charge >= 0.3 is 0 Å². The highest BCUT2D eigenvalue weighted by molar-refractivity contribution is 6.03. The number of fused-ring (bicyclic) bond motifs is 1. The van der Waals surface area contributed by atoms with E-state index in [1.54, 1.807) is 13.2 Å². The van der Waals surface area contributed by atoms with Crippen LogP contribution in [0.2, 0.25) is 0 Å². The van der Waals surface area contributed by atoms with Crippen LogP contribution in [-0.4, -0.2) is 34.5 Å². The molecule has 0 saturated carbocycles. The number of aromatic hydroxyl groups is 1. The fourth-order valence-corrected chi connectivity index (χ4v) is 3.28. The molecule has 0 saturated heterocycles. The lowest BCUT2D eigenvalue weighted by molar-refractivity contribution is 0.0949. The number of amides is 1. The van der Waals surface area contributed by atoms with Gasteiger partial charge in [-0.2, -0.15) is 10.2 Å². The number of H-pyrrole nitrogens is 1. The van der Waals surface area contributed by atoms with Crippen LogP contribution in [0, 0.1) is 6.92 Å². The van der Waals surface area contributed by atoms with Crippen LogP contribution < -0.4 is 10.2 Å². The van der Waals surface area contributed by atoms with Crippen LogP contribution in [0.15, 0.2) is 65.8 Å². The number of carbonyl (C=O) groups is 1. The largest absolute Gasteiger partial charge is 0.507 e. The van der Waals surface area contributed by atoms with Gasteiger partial charge in [0, 0.05) is 16.7 Å². The maximum atomic E-state index is 12.6. The molecule has 1 amide bonds. The van der Waals surface area contributed by atoms with Crippen molar-refractivity contribution in [2.24, 2.45) is 5.10 Å². The van der Waals surface area contributed by atoms with Crippen molar-refractivity contribution in [1.29, 1.82) is 0 Å². The van der Waals surface area contributed by atoms with Crippen LogP contribution in [0.25, 0.3) is 22.0 Å². The molecular formula is C23H20N4O3. The van der Waals surface area contributed by atoms with E-state index in [0.717, 1.165) is 22.1 Å². The fourth-order valence-electron chi connectivity index (χ4n) is 3.28. The summed E-state index contributed by atoms with van der Waals surface area (Å²) in [5, 5.41) is 23.0. The van der Waals surface area contributed by atoms with Crippen LogP contribution in [0.3, 0.4) is 0 Å². The topological polar surface area (TPSA) is 99.6 Å². The van der Waals surface area contributed by atoms with Crippen molar-refractivity contribution in [3.63, 3.8) is 0 Å². The van der Waals surface area contributed by atoms with E-state index in [1.165, 1.54) is 6.21 Å². The second kappa shape index (κ2) is 8.08. The number of nitrogens with zero attached hydrogens (tertiary/aromatic N) is 2. The first-order valence-electron chi connectivity index (χ1n) is 9.32. The summed E-state index contributed by atoms with van der Waals surface area (Å²) >= 11 is 0. The van der Waals surface area contributed by atoms with Gasteiger partial charge in [-0.25, -0.2) is 5.43 Å². The smallest absolute Gasteiger partial charge is 0.289 e. The van der Waals surface area contributed by atoms with Crippen LogP contribution in [0.4, 0.5) is 0 Å². The van der Waals surface area contributed by atoms with Gasteiger partial charge in [-0.3, -0.25) is 9.89 Å². The number of nitrogens with one attached hydrogen (secondary N) is 2. The van der Waals surface area contributed by atoms with Gasteiger partial charge in [-0.1, -0.05) is 30.3 Å². The number of benzene rings is 3. The quantitative estimate of drug-likeness (QED) is 0.348. The van der Waals surface area contributed by atoms with E-state index in [9.17, 15) is 9.90 Å². The van der Waals surface area contributed by atoms with Gasteiger partial charge in [0.05, 0.1) is 19.0 Å². The Hall–Kier alpha value is -4.13. The molecule has 7 heteroatoms. The summed E-state index contributed by atoms with van der Waals surface area (Å²) in [7, 11) is 1.61. The van der Waals surface area contributed by atoms with E-state index in [1.807, 2.05) is 61.5 Å². The molecule has 30 heavy (non-hydrogen) atoms. The zero-order chi connectivity index (χ0) is 21.1. The Bertz CT molecular complexity index is 1240. The molecule has 150 valence electrons. The molecule has 3 N–H and O–H groups in total. The van der Waals surface area contributed by atoms with Gasteiger partial charge in [0.1, 0.15) is 17.2 Å². The summed E-state index contributed by atoms with van der Waals surface area (Å²) in [6.07, 6.45) is 1.44. The second-order valence-electron chi connectivity index (χ2n) is 6.72. The van der Waals surface area contributed by atoms with E-state index in [0.29, 0.717) is 22.5 Å². The average molecular weight is 400 g/mol. The Balaban J connectivity index is 1.54. The first-order chi connectivity index (χ1) is 14.6. The first-order valence-corrected chi connectivity index (χ1v) is 9.32. The Morgan fingerprint density at radius 2 is 1.90 bits per heavy atom. The zero-order valence-electron chi connectivity index (χ0n) is 16.5. The lowest BCUT2D eigenvalue weighted by Crippen LogP contribution is -2.19. The first kappa shape index (κ1) is 19.2. The number of phenols is 1. The minimum atomic E-state index is -0.421. The Morgan fingerprint density at radius 3 is 2.67 bits per heavy atom. The van der Waals surface area contributed by atoms with Gasteiger partial charge in [-0.05, 0) is 48.0 Å². The summed E-state index contributed by atoms with van der Waals surface area (Å²) in [4.78, 5) is 12.6. The number of rotatable bonds is 5. The van der Waals surface area contributed by atoms with Crippen molar-refractivity contribution in [3.8, 4) is 22.8 Å². The van der Waals surface area contributed by atoms with Gasteiger partial charge in [0.25, 0.3) is 5.91 Å². The predicted octanol–water partition coefficient (Wildman–Crippen LogP) is 4.02. The number of hydrogen-bond acceptors (Lipinski definition) is 5. The normalized spacial score (nSPS) is 11.1. The molecule has 0 fully saturated rings. The van der Waals surface area contributed by atoms with Gasteiger partial charge in [0.15, 0.2) is 0 Å². The standard InChI is InChI=1S/C23H20N4O3/c1-14-21(16-7-10-17(30-2)11-8-16)25-26-22(14)23(29)27-24-13-19-18-6-4-3-5-15(18)9-12-20(19)28/h3-13,28H,1-2H3,(H,25,26)(H,27,29)/b24-13-. The van der Waals surface area contributed by atoms with Gasteiger partial charge in [-0.15, -0.1) is 0 Å². The van der Waals surface area contributed by atoms with E-state index in [-0.39, 0.29) is 5.75 Å². The van der Waals surface area contributed by atoms with Crippen LogP contribution >= 0.6 is 0 Å². The highest BCUT2D eigenvalue weighted by Gasteiger charge is 2.16. The third-order valence-electron chi connectivity index (χ3n) is 4.91. The molecule has 0 radical (unpaired) electrons. The lowest BCUT2D eigenvalue weighted by atomic mass is 10.0. The lowest BCUT2D eigenvalue weighted by Gasteiger charge is -2.05. The third kappa shape index (κ3) is 3.60. The molecule has 7 nitrogen and oxygen atoms in total. The minimum absolute atomic E-state index is 0.0891. The van der Waals surface area contributed by atoms with Crippen LogP contribution in [0.5, 0.6) is 11.5 Å². The number of phenolic OH excluding ortho intramolecular Hbond substituents is 1. The number of hydrazone groups is 1. The summed E-state index contributed by atoms with van der Waals surface area (Å²) < 4.78 is 5.17. The molecular weight excluding hydrogens is 380 g/mol. The summed E-state index contributed by atoms with van der Waals surface area (Å²) in [6.45, 7) is 1.82. The van der Waals surface area contributed by atoms with E-state index in [4.69, 9.17) is 4.74 Å². The minimum Gasteiger partial charge on any atom is -0.507 e. The average Bonchev–Trinajstić information content (AvgIpc) is 3.16. The number of carbonyl (C=O) groups excluding carboxylic acids is 1. The van der Waals surface area contributed by atoms with Crippen molar-refractivity contribution < 1.29 is 14.6 Å². The van der Waals surface area contributed by atoms with Crippen LogP contribution in [-0.2, 0) is 0 Å². The molecule has 3 aromatic carbocycles. The molecule has 0 spiro atoms. The van der Waals surface area contributed by atoms with Crippen molar-refractivity contribution in [1.82, 2.24) is 15.6 Å². The SMILES string of the molecule is COc1ccc(-c2n[nH]c(C(=O)N/N=C\c3c(O)ccc4ccccc34)c2C)cc1. The monoisotopic (exact) mass is 400 g/mol. The molecule has 4 rings (SSSR count). The Kier molecular flexibility index (Phi) is 5.17. The highest BCUT2D eigenvalue weighted by Crippen LogP contribution is 2.26. The van der Waals surface area contributed by atoms with E-state index < -0.39 is 5.91 Å². The second-order valence-corrected chi connectivity index (χ2v) is 6.72. The number of ether oxygens (including phenoxy) is 1. The maximum Gasteiger partial charge on any atom is 0.289 e. The van der Waals surface area contributed by atoms with E-state index >= 15 is 0 Å². The van der Waals surface area contributed by atoms with Crippen molar-refractivity contribution in [3.05, 3.63) is 77.5 Å². The number of aromatic amines is 1. The molecule has 1 heterocycles. The Morgan fingerprint density at radius 1 is 1.13 bits per heavy atom. The summed E-state index contributed by atoms with van der Waals surface area (Å²) in [5.41, 5.74) is 5.60. The van der Waals surface area contributed by atoms with E-state index in [2.05, 4.69) is 20.7 Å². The van der Waals surface area contributed by atoms with Gasteiger partial charge < -0.3 is 9.84 Å².